The predicted octanol–water partition coefficient (Wildman–Crippen LogP) is 7.55. The minimum absolute atomic E-state index is 0.608. The largest absolute Gasteiger partial charge is 0.455 e. The third-order valence-electron chi connectivity index (χ3n) is 4.62. The van der Waals surface area contributed by atoms with E-state index >= 15 is 0 Å². The van der Waals surface area contributed by atoms with Crippen LogP contribution in [-0.4, -0.2) is 9.97 Å². The fraction of sp³-hybridized carbons (Fsp3) is 0. The first-order chi connectivity index (χ1) is 14.8. The van der Waals surface area contributed by atoms with Gasteiger partial charge in [0.15, 0.2) is 5.75 Å². The maximum Gasteiger partial charge on any atom is 0.151 e. The molecule has 1 N–H and O–H groups in total. The monoisotopic (exact) mass is 429 g/mol. The molecule has 3 aromatic carbocycles. The molecule has 0 unspecified atom stereocenters. The van der Waals surface area contributed by atoms with Gasteiger partial charge < -0.3 is 10.1 Å². The molecule has 0 radical (unpaired) electrons. The molecule has 6 heteroatoms. The molecule has 0 bridgehead atoms. The minimum atomic E-state index is 0.608. The van der Waals surface area contributed by atoms with Crippen molar-refractivity contribution in [3.05, 3.63) is 95.6 Å². The molecule has 0 saturated heterocycles. The molecule has 0 aliphatic rings. The Hall–Kier alpha value is -3.41. The quantitative estimate of drug-likeness (QED) is 0.313. The van der Waals surface area contributed by atoms with Crippen molar-refractivity contribution in [2.24, 2.45) is 0 Å². The van der Waals surface area contributed by atoms with Crippen LogP contribution in [0.5, 0.6) is 11.5 Å². The number of rotatable bonds is 5. The first-order valence-electron chi connectivity index (χ1n) is 9.35. The Morgan fingerprint density at radius 3 is 2.43 bits per heavy atom. The molecule has 4 nitrogen and oxygen atoms in total. The average Bonchev–Trinajstić information content (AvgIpc) is 3.22. The number of fused-ring (bicyclic) bond motifs is 1. The molecule has 2 heterocycles. The predicted molar refractivity (Wildman–Crippen MR) is 124 cm³/mol. The van der Waals surface area contributed by atoms with E-state index in [2.05, 4.69) is 32.8 Å². The Morgan fingerprint density at radius 2 is 1.63 bits per heavy atom. The van der Waals surface area contributed by atoms with Gasteiger partial charge in [0, 0.05) is 16.0 Å². The van der Waals surface area contributed by atoms with Crippen LogP contribution in [0.1, 0.15) is 0 Å². The van der Waals surface area contributed by atoms with E-state index in [-0.39, 0.29) is 0 Å². The van der Waals surface area contributed by atoms with Gasteiger partial charge in [-0.1, -0.05) is 60.1 Å². The molecule has 5 aromatic rings. The van der Waals surface area contributed by atoms with Gasteiger partial charge in [-0.3, -0.25) is 0 Å². The minimum Gasteiger partial charge on any atom is -0.455 e. The maximum absolute atomic E-state index is 6.28. The summed E-state index contributed by atoms with van der Waals surface area (Å²) in [6.07, 6.45) is 1.57. The number of anilines is 2. The standard InChI is InChI=1S/C24H16ClN3OS/c25-17-11-12-21(29-18-9-5-2-6-10-18)20(13-17)28-23-22-19(16-7-3-1-4-8-16)14-30-24(22)27-15-26-23/h1-15H,(H,26,27,28). The highest BCUT2D eigenvalue weighted by Crippen LogP contribution is 2.39. The van der Waals surface area contributed by atoms with E-state index in [1.54, 1.807) is 23.7 Å². The van der Waals surface area contributed by atoms with Crippen molar-refractivity contribution in [1.29, 1.82) is 0 Å². The fourth-order valence-corrected chi connectivity index (χ4v) is 4.32. The molecular weight excluding hydrogens is 414 g/mol. The van der Waals surface area contributed by atoms with Crippen molar-refractivity contribution >= 4 is 44.7 Å². The summed E-state index contributed by atoms with van der Waals surface area (Å²) >= 11 is 7.88. The number of thiophene rings is 1. The SMILES string of the molecule is Clc1ccc(Oc2ccccc2)c(Nc2ncnc3scc(-c4ccccc4)c23)c1. The summed E-state index contributed by atoms with van der Waals surface area (Å²) in [4.78, 5) is 9.89. The van der Waals surface area contributed by atoms with Gasteiger partial charge in [0.2, 0.25) is 0 Å². The van der Waals surface area contributed by atoms with Crippen LogP contribution in [0.2, 0.25) is 5.02 Å². The summed E-state index contributed by atoms with van der Waals surface area (Å²) in [5.41, 5.74) is 2.94. The van der Waals surface area contributed by atoms with E-state index in [4.69, 9.17) is 16.3 Å². The molecular formula is C24H16ClN3OS. The molecule has 0 atom stereocenters. The highest BCUT2D eigenvalue weighted by molar-refractivity contribution is 7.17. The molecule has 0 aliphatic heterocycles. The second-order valence-corrected chi connectivity index (χ2v) is 7.89. The molecule has 30 heavy (non-hydrogen) atoms. The summed E-state index contributed by atoms with van der Waals surface area (Å²) in [6, 6.07) is 25.4. The van der Waals surface area contributed by atoms with Crippen LogP contribution in [-0.2, 0) is 0 Å². The Labute approximate surface area is 182 Å². The number of hydrogen-bond donors (Lipinski definition) is 1. The average molecular weight is 430 g/mol. The zero-order valence-electron chi connectivity index (χ0n) is 15.7. The van der Waals surface area contributed by atoms with Crippen molar-refractivity contribution in [1.82, 2.24) is 9.97 Å². The Kier molecular flexibility index (Phi) is 5.05. The second kappa shape index (κ2) is 8.14. The van der Waals surface area contributed by atoms with E-state index < -0.39 is 0 Å². The van der Waals surface area contributed by atoms with Crippen LogP contribution in [0.25, 0.3) is 21.3 Å². The van der Waals surface area contributed by atoms with E-state index in [1.165, 1.54) is 0 Å². The zero-order valence-corrected chi connectivity index (χ0v) is 17.3. The van der Waals surface area contributed by atoms with Gasteiger partial charge >= 0.3 is 0 Å². The number of benzene rings is 3. The molecule has 0 amide bonds. The highest BCUT2D eigenvalue weighted by Gasteiger charge is 2.15. The number of halogens is 1. The number of para-hydroxylation sites is 1. The molecule has 5 rings (SSSR count). The first kappa shape index (κ1) is 18.6. The van der Waals surface area contributed by atoms with Crippen molar-refractivity contribution < 1.29 is 4.74 Å². The van der Waals surface area contributed by atoms with Crippen LogP contribution in [0.4, 0.5) is 11.5 Å². The van der Waals surface area contributed by atoms with Gasteiger partial charge in [0.05, 0.1) is 11.1 Å². The van der Waals surface area contributed by atoms with Gasteiger partial charge in [-0.2, -0.15) is 0 Å². The lowest BCUT2D eigenvalue weighted by Gasteiger charge is -2.14. The van der Waals surface area contributed by atoms with Gasteiger partial charge in [-0.15, -0.1) is 11.3 Å². The van der Waals surface area contributed by atoms with Crippen LogP contribution in [0.3, 0.4) is 0 Å². The summed E-state index contributed by atoms with van der Waals surface area (Å²) in [7, 11) is 0. The van der Waals surface area contributed by atoms with Gasteiger partial charge in [-0.05, 0) is 35.9 Å². The lowest BCUT2D eigenvalue weighted by atomic mass is 10.1. The number of nitrogens with zero attached hydrogens (tertiary/aromatic N) is 2. The van der Waals surface area contributed by atoms with Crippen molar-refractivity contribution in [2.45, 2.75) is 0 Å². The molecule has 0 fully saturated rings. The van der Waals surface area contributed by atoms with Gasteiger partial charge in [0.25, 0.3) is 0 Å². The first-order valence-corrected chi connectivity index (χ1v) is 10.6. The maximum atomic E-state index is 6.28. The van der Waals surface area contributed by atoms with Crippen molar-refractivity contribution in [3.8, 4) is 22.6 Å². The van der Waals surface area contributed by atoms with E-state index in [9.17, 15) is 0 Å². The Balaban J connectivity index is 1.58. The van der Waals surface area contributed by atoms with E-state index in [1.807, 2.05) is 60.7 Å². The smallest absolute Gasteiger partial charge is 0.151 e. The highest BCUT2D eigenvalue weighted by atomic mass is 35.5. The van der Waals surface area contributed by atoms with Crippen molar-refractivity contribution in [3.63, 3.8) is 0 Å². The van der Waals surface area contributed by atoms with E-state index in [0.717, 1.165) is 32.8 Å². The van der Waals surface area contributed by atoms with E-state index in [0.29, 0.717) is 16.6 Å². The summed E-state index contributed by atoms with van der Waals surface area (Å²) in [5.74, 6) is 2.12. The lowest BCUT2D eigenvalue weighted by Crippen LogP contribution is -1.98. The summed E-state index contributed by atoms with van der Waals surface area (Å²) in [5, 5.41) is 7.11. The summed E-state index contributed by atoms with van der Waals surface area (Å²) in [6.45, 7) is 0. The number of hydrogen-bond acceptors (Lipinski definition) is 5. The molecule has 146 valence electrons. The lowest BCUT2D eigenvalue weighted by molar-refractivity contribution is 0.485. The third-order valence-corrected chi connectivity index (χ3v) is 5.74. The summed E-state index contributed by atoms with van der Waals surface area (Å²) < 4.78 is 6.08. The zero-order chi connectivity index (χ0) is 20.3. The van der Waals surface area contributed by atoms with Crippen LogP contribution in [0.15, 0.2) is 90.6 Å². The molecule has 0 spiro atoms. The van der Waals surface area contributed by atoms with Gasteiger partial charge in [0.1, 0.15) is 22.7 Å². The fourth-order valence-electron chi connectivity index (χ4n) is 3.23. The van der Waals surface area contributed by atoms with Crippen LogP contribution in [0, 0.1) is 0 Å². The van der Waals surface area contributed by atoms with Crippen LogP contribution < -0.4 is 10.1 Å². The number of nitrogens with one attached hydrogen (secondary N) is 1. The number of aromatic nitrogens is 2. The third kappa shape index (κ3) is 3.73. The number of ether oxygens (including phenoxy) is 1. The molecule has 0 aliphatic carbocycles. The molecule has 0 saturated carbocycles. The topological polar surface area (TPSA) is 47.0 Å². The Morgan fingerprint density at radius 1 is 0.867 bits per heavy atom. The Bertz CT molecular complexity index is 1310. The normalized spacial score (nSPS) is 10.8. The second-order valence-electron chi connectivity index (χ2n) is 6.60. The van der Waals surface area contributed by atoms with Crippen molar-refractivity contribution in [2.75, 3.05) is 5.32 Å². The van der Waals surface area contributed by atoms with Gasteiger partial charge in [-0.25, -0.2) is 9.97 Å². The van der Waals surface area contributed by atoms with Crippen LogP contribution >= 0.6 is 22.9 Å². The molecule has 2 aromatic heterocycles.